The molecule has 2 rings (SSSR count). The van der Waals surface area contributed by atoms with Crippen LogP contribution in [0.1, 0.15) is 32.7 Å². The van der Waals surface area contributed by atoms with Gasteiger partial charge in [-0.1, -0.05) is 11.6 Å². The van der Waals surface area contributed by atoms with E-state index in [1.165, 1.54) is 0 Å². The average molecular weight is 295 g/mol. The molecular formula is C14H15ClN2OS. The van der Waals surface area contributed by atoms with Gasteiger partial charge in [0.25, 0.3) is 0 Å². The van der Waals surface area contributed by atoms with Crippen LogP contribution in [0, 0.1) is 13.8 Å². The fourth-order valence-corrected chi connectivity index (χ4v) is 3.04. The maximum Gasteiger partial charge on any atom is 0.187 e. The minimum absolute atomic E-state index is 0.00164. The van der Waals surface area contributed by atoms with Gasteiger partial charge in [0.15, 0.2) is 5.78 Å². The first kappa shape index (κ1) is 14.0. The van der Waals surface area contributed by atoms with Crippen LogP contribution in [0.4, 0.5) is 0 Å². The second kappa shape index (κ2) is 5.72. The highest BCUT2D eigenvalue weighted by Crippen LogP contribution is 2.22. The first-order valence-electron chi connectivity index (χ1n) is 6.03. The van der Waals surface area contributed by atoms with Gasteiger partial charge in [-0.3, -0.25) is 9.48 Å². The van der Waals surface area contributed by atoms with Gasteiger partial charge in [-0.05, 0) is 39.0 Å². The molecule has 0 spiro atoms. The molecule has 0 saturated heterocycles. The molecule has 0 saturated carbocycles. The fourth-order valence-electron chi connectivity index (χ4n) is 1.91. The SMILES string of the molecule is CCn1ncc(Cl)c1/C=C/C(=O)c1cc(C)sc1C. The van der Waals surface area contributed by atoms with Crippen molar-refractivity contribution < 1.29 is 4.79 Å². The molecule has 19 heavy (non-hydrogen) atoms. The van der Waals surface area contributed by atoms with Gasteiger partial charge in [0.1, 0.15) is 0 Å². The highest BCUT2D eigenvalue weighted by atomic mass is 35.5. The highest BCUT2D eigenvalue weighted by Gasteiger charge is 2.10. The second-order valence-electron chi connectivity index (χ2n) is 4.22. The van der Waals surface area contributed by atoms with Crippen LogP contribution in [-0.2, 0) is 6.54 Å². The van der Waals surface area contributed by atoms with Crippen LogP contribution in [0.2, 0.25) is 5.02 Å². The Hall–Kier alpha value is -1.39. The number of aromatic nitrogens is 2. The monoisotopic (exact) mass is 294 g/mol. The number of ketones is 1. The summed E-state index contributed by atoms with van der Waals surface area (Å²) in [6.07, 6.45) is 4.88. The average Bonchev–Trinajstić information content (AvgIpc) is 2.89. The molecule has 2 aromatic rings. The Labute approximate surface area is 121 Å². The molecule has 0 unspecified atom stereocenters. The second-order valence-corrected chi connectivity index (χ2v) is 6.09. The third-order valence-corrected chi connectivity index (χ3v) is 4.09. The van der Waals surface area contributed by atoms with E-state index >= 15 is 0 Å². The molecule has 2 heterocycles. The van der Waals surface area contributed by atoms with Gasteiger partial charge in [-0.15, -0.1) is 11.3 Å². The molecule has 0 amide bonds. The molecule has 5 heteroatoms. The predicted octanol–water partition coefficient (Wildman–Crippen LogP) is 4.13. The lowest BCUT2D eigenvalue weighted by molar-refractivity contribution is 0.104. The van der Waals surface area contributed by atoms with Gasteiger partial charge < -0.3 is 0 Å². The van der Waals surface area contributed by atoms with Crippen LogP contribution in [0.3, 0.4) is 0 Å². The third kappa shape index (κ3) is 2.96. The normalized spacial score (nSPS) is 11.4. The van der Waals surface area contributed by atoms with Gasteiger partial charge in [0, 0.05) is 21.9 Å². The number of carbonyl (C=O) groups is 1. The zero-order valence-corrected chi connectivity index (χ0v) is 12.7. The summed E-state index contributed by atoms with van der Waals surface area (Å²) in [5.74, 6) is 0.00164. The number of rotatable bonds is 4. The number of hydrogen-bond donors (Lipinski definition) is 0. The zero-order valence-electron chi connectivity index (χ0n) is 11.1. The Bertz CT molecular complexity index is 640. The number of nitrogens with zero attached hydrogens (tertiary/aromatic N) is 2. The number of carbonyl (C=O) groups excluding carboxylic acids is 1. The number of aryl methyl sites for hydroxylation is 3. The van der Waals surface area contributed by atoms with Crippen molar-refractivity contribution in [3.63, 3.8) is 0 Å². The molecule has 0 aliphatic heterocycles. The Kier molecular flexibility index (Phi) is 4.22. The van der Waals surface area contributed by atoms with Crippen molar-refractivity contribution in [2.45, 2.75) is 27.3 Å². The standard InChI is InChI=1S/C14H15ClN2OS/c1-4-17-13(12(15)8-16-17)5-6-14(18)11-7-9(2)19-10(11)3/h5-8H,4H2,1-3H3/b6-5+. The van der Waals surface area contributed by atoms with E-state index in [0.29, 0.717) is 5.02 Å². The molecule has 0 fully saturated rings. The van der Waals surface area contributed by atoms with E-state index < -0.39 is 0 Å². The summed E-state index contributed by atoms with van der Waals surface area (Å²) in [5, 5.41) is 4.69. The lowest BCUT2D eigenvalue weighted by atomic mass is 10.1. The quantitative estimate of drug-likeness (QED) is 0.628. The van der Waals surface area contributed by atoms with E-state index in [-0.39, 0.29) is 5.78 Å². The maximum absolute atomic E-state index is 12.1. The minimum Gasteiger partial charge on any atom is -0.289 e. The van der Waals surface area contributed by atoms with Crippen LogP contribution in [0.25, 0.3) is 6.08 Å². The summed E-state index contributed by atoms with van der Waals surface area (Å²) < 4.78 is 1.76. The molecular weight excluding hydrogens is 280 g/mol. The summed E-state index contributed by atoms with van der Waals surface area (Å²) in [5.41, 5.74) is 1.53. The van der Waals surface area contributed by atoms with Crippen molar-refractivity contribution in [3.05, 3.63) is 44.4 Å². The Morgan fingerprint density at radius 3 is 2.84 bits per heavy atom. The lowest BCUT2D eigenvalue weighted by Gasteiger charge is -1.99. The first-order chi connectivity index (χ1) is 9.02. The van der Waals surface area contributed by atoms with Crippen molar-refractivity contribution in [2.24, 2.45) is 0 Å². The summed E-state index contributed by atoms with van der Waals surface area (Å²) in [6.45, 7) is 6.66. The summed E-state index contributed by atoms with van der Waals surface area (Å²) in [6, 6.07) is 1.92. The summed E-state index contributed by atoms with van der Waals surface area (Å²) >= 11 is 7.68. The van der Waals surface area contributed by atoms with E-state index in [0.717, 1.165) is 27.6 Å². The summed E-state index contributed by atoms with van der Waals surface area (Å²) in [7, 11) is 0. The van der Waals surface area contributed by atoms with Crippen LogP contribution >= 0.6 is 22.9 Å². The van der Waals surface area contributed by atoms with Crippen molar-refractivity contribution in [1.82, 2.24) is 9.78 Å². The number of halogens is 1. The van der Waals surface area contributed by atoms with E-state index in [1.54, 1.807) is 34.4 Å². The van der Waals surface area contributed by atoms with Crippen LogP contribution in [-0.4, -0.2) is 15.6 Å². The molecule has 0 aromatic carbocycles. The van der Waals surface area contributed by atoms with Crippen molar-refractivity contribution in [1.29, 1.82) is 0 Å². The molecule has 3 nitrogen and oxygen atoms in total. The third-order valence-electron chi connectivity index (χ3n) is 2.83. The van der Waals surface area contributed by atoms with Crippen LogP contribution in [0.5, 0.6) is 0 Å². The Morgan fingerprint density at radius 2 is 2.26 bits per heavy atom. The van der Waals surface area contributed by atoms with Gasteiger partial charge in [0.2, 0.25) is 0 Å². The molecule has 0 atom stereocenters. The van der Waals surface area contributed by atoms with E-state index in [2.05, 4.69) is 5.10 Å². The Balaban J connectivity index is 2.25. The number of thiophene rings is 1. The highest BCUT2D eigenvalue weighted by molar-refractivity contribution is 7.12. The predicted molar refractivity (Wildman–Crippen MR) is 80.1 cm³/mol. The van der Waals surface area contributed by atoms with Crippen molar-refractivity contribution in [2.75, 3.05) is 0 Å². The first-order valence-corrected chi connectivity index (χ1v) is 7.23. The molecule has 100 valence electrons. The smallest absolute Gasteiger partial charge is 0.187 e. The van der Waals surface area contributed by atoms with Gasteiger partial charge in [0.05, 0.1) is 16.9 Å². The van der Waals surface area contributed by atoms with Crippen LogP contribution in [0.15, 0.2) is 18.3 Å². The Morgan fingerprint density at radius 1 is 1.53 bits per heavy atom. The van der Waals surface area contributed by atoms with Crippen molar-refractivity contribution >= 4 is 34.8 Å². The van der Waals surface area contributed by atoms with Crippen molar-refractivity contribution in [3.8, 4) is 0 Å². The molecule has 0 radical (unpaired) electrons. The molecule has 0 aliphatic carbocycles. The number of hydrogen-bond acceptors (Lipinski definition) is 3. The van der Waals surface area contributed by atoms with E-state index in [4.69, 9.17) is 11.6 Å². The molecule has 0 N–H and O–H groups in total. The molecule has 2 aromatic heterocycles. The van der Waals surface area contributed by atoms with Gasteiger partial charge in [-0.25, -0.2) is 0 Å². The molecule has 0 bridgehead atoms. The minimum atomic E-state index is 0.00164. The largest absolute Gasteiger partial charge is 0.289 e. The van der Waals surface area contributed by atoms with Gasteiger partial charge >= 0.3 is 0 Å². The topological polar surface area (TPSA) is 34.9 Å². The lowest BCUT2D eigenvalue weighted by Crippen LogP contribution is -1.99. The number of allylic oxidation sites excluding steroid dienone is 1. The molecule has 0 aliphatic rings. The van der Waals surface area contributed by atoms with E-state index in [9.17, 15) is 4.79 Å². The van der Waals surface area contributed by atoms with E-state index in [1.807, 2.05) is 26.8 Å². The zero-order chi connectivity index (χ0) is 14.0. The maximum atomic E-state index is 12.1. The van der Waals surface area contributed by atoms with Gasteiger partial charge in [-0.2, -0.15) is 5.10 Å². The fraction of sp³-hybridized carbons (Fsp3) is 0.286. The van der Waals surface area contributed by atoms with Crippen LogP contribution < -0.4 is 0 Å². The summed E-state index contributed by atoms with van der Waals surface area (Å²) in [4.78, 5) is 14.3.